The molecule has 0 spiro atoms. The first-order valence-corrected chi connectivity index (χ1v) is 6.57. The number of hydrogen-bond acceptors (Lipinski definition) is 6. The Hall–Kier alpha value is -0.491. The molecule has 0 aliphatic heterocycles. The molecular weight excluding hydrogens is 343 g/mol. The van der Waals surface area contributed by atoms with E-state index in [-0.39, 0.29) is 37.6 Å². The van der Waals surface area contributed by atoms with E-state index in [0.29, 0.717) is 11.4 Å². The quantitative estimate of drug-likeness (QED) is 0.297. The molecule has 119 valence electrons. The summed E-state index contributed by atoms with van der Waals surface area (Å²) >= 11 is 0. The third-order valence-electron chi connectivity index (χ3n) is 3.34. The fourth-order valence-electron chi connectivity index (χ4n) is 1.39. The Bertz CT molecular complexity index is 302. The SMILES string of the molecule is C/C(=N\O)C(C)NCC(C)(C)CNC(C)/C(C)=N/O.[99Tc]. The minimum absolute atomic E-state index is 0. The van der Waals surface area contributed by atoms with Gasteiger partial charge in [-0.1, -0.05) is 24.2 Å². The third-order valence-corrected chi connectivity index (χ3v) is 3.34. The summed E-state index contributed by atoms with van der Waals surface area (Å²) in [6.07, 6.45) is 0. The van der Waals surface area contributed by atoms with Gasteiger partial charge in [0.25, 0.3) is 0 Å². The summed E-state index contributed by atoms with van der Waals surface area (Å²) < 4.78 is 0. The van der Waals surface area contributed by atoms with Crippen LogP contribution >= 0.6 is 0 Å². The van der Waals surface area contributed by atoms with Crippen LogP contribution in [0.25, 0.3) is 0 Å². The van der Waals surface area contributed by atoms with Gasteiger partial charge in [0.1, 0.15) is 0 Å². The van der Waals surface area contributed by atoms with E-state index in [9.17, 15) is 0 Å². The largest absolute Gasteiger partial charge is 0.411 e. The second-order valence-electron chi connectivity index (χ2n) is 5.85. The van der Waals surface area contributed by atoms with E-state index in [0.717, 1.165) is 13.1 Å². The number of oxime groups is 2. The zero-order valence-corrected chi connectivity index (χ0v) is 15.1. The normalized spacial score (nSPS) is 16.5. The molecule has 0 bridgehead atoms. The number of nitrogens with one attached hydrogen (secondary N) is 2. The van der Waals surface area contributed by atoms with Crippen molar-refractivity contribution in [1.29, 1.82) is 0 Å². The van der Waals surface area contributed by atoms with E-state index in [1.54, 1.807) is 13.8 Å². The van der Waals surface area contributed by atoms with Crippen molar-refractivity contribution < 1.29 is 30.5 Å². The summed E-state index contributed by atoms with van der Waals surface area (Å²) in [6, 6.07) is 0.0878. The number of nitrogens with zero attached hydrogens (tertiary/aromatic N) is 2. The molecule has 0 amide bonds. The Balaban J connectivity index is 0. The van der Waals surface area contributed by atoms with Crippen molar-refractivity contribution in [3.63, 3.8) is 0 Å². The van der Waals surface area contributed by atoms with Gasteiger partial charge < -0.3 is 21.0 Å². The van der Waals surface area contributed by atoms with Crippen LogP contribution in [0.1, 0.15) is 41.5 Å². The van der Waals surface area contributed by atoms with Crippen LogP contribution in [-0.2, 0) is 20.1 Å². The molecule has 0 aliphatic carbocycles. The van der Waals surface area contributed by atoms with Gasteiger partial charge in [-0.25, -0.2) is 0 Å². The Morgan fingerprint density at radius 3 is 1.50 bits per heavy atom. The van der Waals surface area contributed by atoms with Crippen molar-refractivity contribution in [3.8, 4) is 0 Å². The molecule has 0 heterocycles. The maximum absolute atomic E-state index is 8.70. The van der Waals surface area contributed by atoms with Crippen LogP contribution < -0.4 is 10.6 Å². The van der Waals surface area contributed by atoms with Crippen molar-refractivity contribution in [3.05, 3.63) is 0 Å². The monoisotopic (exact) mass is 371 g/mol. The molecule has 2 atom stereocenters. The Morgan fingerprint density at radius 1 is 0.950 bits per heavy atom. The summed E-state index contributed by atoms with van der Waals surface area (Å²) in [5.41, 5.74) is 1.37. The minimum atomic E-state index is 0. The van der Waals surface area contributed by atoms with Crippen molar-refractivity contribution >= 4 is 11.4 Å². The Morgan fingerprint density at radius 2 is 1.25 bits per heavy atom. The van der Waals surface area contributed by atoms with E-state index in [1.165, 1.54) is 0 Å². The molecule has 0 saturated heterocycles. The summed E-state index contributed by atoms with van der Waals surface area (Å²) in [5.74, 6) is 0. The molecule has 0 aromatic heterocycles. The average molecular weight is 371 g/mol. The molecule has 1 radical (unpaired) electrons. The van der Waals surface area contributed by atoms with E-state index in [2.05, 4.69) is 34.8 Å². The van der Waals surface area contributed by atoms with Gasteiger partial charge in [-0.15, -0.1) is 0 Å². The van der Waals surface area contributed by atoms with Crippen LogP contribution in [0.15, 0.2) is 10.3 Å². The summed E-state index contributed by atoms with van der Waals surface area (Å²) in [4.78, 5) is 0. The van der Waals surface area contributed by atoms with E-state index < -0.39 is 0 Å². The van der Waals surface area contributed by atoms with Crippen molar-refractivity contribution in [2.45, 2.75) is 53.6 Å². The Labute approximate surface area is 135 Å². The molecule has 0 aromatic carbocycles. The van der Waals surface area contributed by atoms with Gasteiger partial charge in [-0.2, -0.15) is 0 Å². The molecule has 0 rings (SSSR count). The smallest absolute Gasteiger partial charge is 0.0706 e. The second kappa shape index (κ2) is 10.3. The van der Waals surface area contributed by atoms with E-state index >= 15 is 0 Å². The van der Waals surface area contributed by atoms with Gasteiger partial charge in [0.15, 0.2) is 0 Å². The van der Waals surface area contributed by atoms with Gasteiger partial charge in [-0.05, 0) is 33.1 Å². The van der Waals surface area contributed by atoms with E-state index in [4.69, 9.17) is 10.4 Å². The van der Waals surface area contributed by atoms with Crippen LogP contribution in [0, 0.1) is 5.41 Å². The van der Waals surface area contributed by atoms with Crippen LogP contribution in [0.4, 0.5) is 0 Å². The average Bonchev–Trinajstić information content (AvgIpc) is 2.40. The van der Waals surface area contributed by atoms with Gasteiger partial charge in [0, 0.05) is 45.3 Å². The van der Waals surface area contributed by atoms with Crippen molar-refractivity contribution in [2.75, 3.05) is 13.1 Å². The summed E-state index contributed by atoms with van der Waals surface area (Å²) in [7, 11) is 0. The molecule has 2 unspecified atom stereocenters. The van der Waals surface area contributed by atoms with Crippen molar-refractivity contribution in [1.82, 2.24) is 10.6 Å². The van der Waals surface area contributed by atoms with Crippen molar-refractivity contribution in [2.24, 2.45) is 15.7 Å². The first kappa shape index (κ1) is 21.8. The fourth-order valence-corrected chi connectivity index (χ4v) is 1.39. The van der Waals surface area contributed by atoms with Gasteiger partial charge in [-0.3, -0.25) is 0 Å². The molecule has 4 N–H and O–H groups in total. The van der Waals surface area contributed by atoms with E-state index in [1.807, 2.05) is 13.8 Å². The number of hydrogen-bond donors (Lipinski definition) is 4. The number of rotatable bonds is 8. The molecule has 20 heavy (non-hydrogen) atoms. The van der Waals surface area contributed by atoms with Crippen LogP contribution in [-0.4, -0.2) is 47.0 Å². The topological polar surface area (TPSA) is 89.2 Å². The fraction of sp³-hybridized carbons (Fsp3) is 0.846. The molecule has 0 aliphatic rings. The third kappa shape index (κ3) is 8.63. The summed E-state index contributed by atoms with van der Waals surface area (Å²) in [5, 5.41) is 30.4. The first-order valence-electron chi connectivity index (χ1n) is 6.57. The maximum atomic E-state index is 8.70. The Kier molecular flexibility index (Phi) is 11.2. The van der Waals surface area contributed by atoms with Crippen LogP contribution in [0.2, 0.25) is 0 Å². The molecule has 0 fully saturated rings. The summed E-state index contributed by atoms with van der Waals surface area (Å²) in [6.45, 7) is 13.4. The predicted octanol–water partition coefficient (Wildman–Crippen LogP) is 1.67. The first-order chi connectivity index (χ1) is 8.73. The predicted molar refractivity (Wildman–Crippen MR) is 78.5 cm³/mol. The molecule has 6 nitrogen and oxygen atoms in total. The van der Waals surface area contributed by atoms with Gasteiger partial charge in [0.2, 0.25) is 0 Å². The maximum Gasteiger partial charge on any atom is 0.0706 e. The van der Waals surface area contributed by atoms with Gasteiger partial charge in [0.05, 0.1) is 11.4 Å². The van der Waals surface area contributed by atoms with Gasteiger partial charge >= 0.3 is 0 Å². The van der Waals surface area contributed by atoms with Crippen LogP contribution in [0.5, 0.6) is 0 Å². The molecular formula is C13H28N4O2Tc. The molecule has 0 saturated carbocycles. The zero-order chi connectivity index (χ0) is 15.1. The zero-order valence-electron chi connectivity index (χ0n) is 13.2. The van der Waals surface area contributed by atoms with Crippen LogP contribution in [0.3, 0.4) is 0 Å². The molecule has 7 heteroatoms. The minimum Gasteiger partial charge on any atom is -0.411 e. The molecule has 0 aromatic rings. The standard InChI is InChI=1S/C13H28N4O2.Tc/c1-9(11(3)16-18)14-7-13(5,6)8-15-10(2)12(4)17-19;/h9-10,14-15,18-19H,7-8H2,1-6H3;/b16-11+,17-12+;/i;1+1. The second-order valence-corrected chi connectivity index (χ2v) is 5.85.